The van der Waals surface area contributed by atoms with Crippen LogP contribution in [0.3, 0.4) is 0 Å². The zero-order chi connectivity index (χ0) is 23.9. The van der Waals surface area contributed by atoms with Gasteiger partial charge in [0.2, 0.25) is 5.91 Å². The third kappa shape index (κ3) is 3.81. The molecular formula is C28H24N6O. The maximum absolute atomic E-state index is 12.1. The molecule has 1 aliphatic heterocycles. The van der Waals surface area contributed by atoms with Crippen LogP contribution >= 0.6 is 0 Å². The summed E-state index contributed by atoms with van der Waals surface area (Å²) < 4.78 is 2.02. The highest BCUT2D eigenvalue weighted by molar-refractivity contribution is 5.97. The van der Waals surface area contributed by atoms with Gasteiger partial charge >= 0.3 is 0 Å². The number of pyridine rings is 3. The van der Waals surface area contributed by atoms with E-state index in [9.17, 15) is 4.79 Å². The average Bonchev–Trinajstić information content (AvgIpc) is 3.47. The van der Waals surface area contributed by atoms with Crippen LogP contribution in [0.4, 0.5) is 11.5 Å². The van der Waals surface area contributed by atoms with Gasteiger partial charge in [0, 0.05) is 89.9 Å². The predicted molar refractivity (Wildman–Crippen MR) is 139 cm³/mol. The third-order valence-corrected chi connectivity index (χ3v) is 6.57. The maximum atomic E-state index is 12.1. The van der Waals surface area contributed by atoms with Gasteiger partial charge in [-0.15, -0.1) is 0 Å². The first-order valence-electron chi connectivity index (χ1n) is 11.6. The minimum atomic E-state index is 0.194. The van der Waals surface area contributed by atoms with Gasteiger partial charge in [0.25, 0.3) is 0 Å². The second kappa shape index (κ2) is 8.36. The largest absolute Gasteiger partial charge is 0.384 e. The molecule has 5 heterocycles. The second-order valence-corrected chi connectivity index (χ2v) is 8.88. The van der Waals surface area contributed by atoms with Crippen LogP contribution in [0.1, 0.15) is 12.8 Å². The van der Waals surface area contributed by atoms with Gasteiger partial charge in [-0.2, -0.15) is 0 Å². The average molecular weight is 461 g/mol. The van der Waals surface area contributed by atoms with Crippen LogP contribution in [0.5, 0.6) is 0 Å². The van der Waals surface area contributed by atoms with Gasteiger partial charge in [0.05, 0.1) is 0 Å². The molecule has 6 rings (SSSR count). The molecule has 0 bridgehead atoms. The first-order valence-corrected chi connectivity index (χ1v) is 11.6. The highest BCUT2D eigenvalue weighted by Gasteiger charge is 2.21. The Morgan fingerprint density at radius 3 is 2.26 bits per heavy atom. The van der Waals surface area contributed by atoms with Crippen LogP contribution in [0.25, 0.3) is 44.4 Å². The maximum Gasteiger partial charge on any atom is 0.227 e. The number of aromatic nitrogens is 4. The number of anilines is 2. The quantitative estimate of drug-likeness (QED) is 0.404. The summed E-state index contributed by atoms with van der Waals surface area (Å²) in [5, 5.41) is 1.04. The van der Waals surface area contributed by atoms with E-state index in [2.05, 4.69) is 28.3 Å². The fourth-order valence-electron chi connectivity index (χ4n) is 4.72. The van der Waals surface area contributed by atoms with Gasteiger partial charge in [-0.3, -0.25) is 9.78 Å². The number of nitrogens with zero attached hydrogens (tertiary/aromatic N) is 5. The van der Waals surface area contributed by atoms with Crippen molar-refractivity contribution in [3.63, 3.8) is 0 Å². The second-order valence-electron chi connectivity index (χ2n) is 8.88. The monoisotopic (exact) mass is 460 g/mol. The Morgan fingerprint density at radius 2 is 1.54 bits per heavy atom. The molecule has 172 valence electrons. The lowest BCUT2D eigenvalue weighted by Gasteiger charge is -2.16. The molecule has 1 saturated heterocycles. The van der Waals surface area contributed by atoms with E-state index in [-0.39, 0.29) is 5.91 Å². The van der Waals surface area contributed by atoms with E-state index in [0.717, 1.165) is 63.1 Å². The zero-order valence-electron chi connectivity index (χ0n) is 19.3. The summed E-state index contributed by atoms with van der Waals surface area (Å²) in [6.07, 6.45) is 11.0. The number of nitrogen functional groups attached to an aromatic ring is 1. The number of nitrogens with two attached hydrogens (primary N) is 1. The van der Waals surface area contributed by atoms with E-state index in [1.165, 1.54) is 0 Å². The number of benzene rings is 1. The number of fused-ring (bicyclic) bond motifs is 1. The highest BCUT2D eigenvalue weighted by atomic mass is 16.2. The fraction of sp³-hybridized carbons (Fsp3) is 0.143. The van der Waals surface area contributed by atoms with E-state index in [0.29, 0.717) is 12.2 Å². The summed E-state index contributed by atoms with van der Waals surface area (Å²) in [5.74, 6) is 0.690. The standard InChI is InChI=1S/C28H24N6O/c1-33-17-25(19-6-9-26(29)31-15-19)24-12-22(16-32-28(24)33)21-11-20(13-30-14-21)18-4-7-23(8-5-18)34-10-2-3-27(34)35/h4-9,11-17H,2-3,10H2,1H3,(H2,29,31). The molecule has 0 atom stereocenters. The summed E-state index contributed by atoms with van der Waals surface area (Å²) in [4.78, 5) is 27.4. The number of carbonyl (C=O) groups excluding carboxylic acids is 1. The van der Waals surface area contributed by atoms with Crippen molar-refractivity contribution in [3.8, 4) is 33.4 Å². The Bertz CT molecular complexity index is 1550. The lowest BCUT2D eigenvalue weighted by atomic mass is 10.0. The first kappa shape index (κ1) is 21.0. The van der Waals surface area contributed by atoms with E-state index in [1.54, 1.807) is 6.20 Å². The minimum Gasteiger partial charge on any atom is -0.384 e. The number of aryl methyl sites for hydroxylation is 1. The normalized spacial score (nSPS) is 13.6. The van der Waals surface area contributed by atoms with Crippen molar-refractivity contribution in [2.24, 2.45) is 7.05 Å². The molecule has 1 aliphatic rings. The summed E-state index contributed by atoms with van der Waals surface area (Å²) in [7, 11) is 1.99. The number of rotatable bonds is 4. The minimum absolute atomic E-state index is 0.194. The molecule has 4 aromatic heterocycles. The van der Waals surface area contributed by atoms with Gasteiger partial charge in [0.1, 0.15) is 11.5 Å². The first-order chi connectivity index (χ1) is 17.1. The van der Waals surface area contributed by atoms with Crippen molar-refractivity contribution in [2.75, 3.05) is 17.2 Å². The van der Waals surface area contributed by atoms with Gasteiger partial charge < -0.3 is 15.2 Å². The Kier molecular flexibility index (Phi) is 5.03. The molecule has 7 nitrogen and oxygen atoms in total. The van der Waals surface area contributed by atoms with Crippen molar-refractivity contribution in [1.29, 1.82) is 0 Å². The van der Waals surface area contributed by atoms with E-state index < -0.39 is 0 Å². The molecule has 2 N–H and O–H groups in total. The SMILES string of the molecule is Cn1cc(-c2ccc(N)nc2)c2cc(-c3cncc(-c4ccc(N5CCCC5=O)cc4)c3)cnc21. The van der Waals surface area contributed by atoms with Crippen LogP contribution in [0.2, 0.25) is 0 Å². The van der Waals surface area contributed by atoms with E-state index in [1.807, 2.05) is 71.5 Å². The Morgan fingerprint density at radius 1 is 0.829 bits per heavy atom. The molecule has 0 radical (unpaired) electrons. The number of amides is 1. The van der Waals surface area contributed by atoms with Crippen molar-refractivity contribution in [3.05, 3.63) is 79.5 Å². The molecule has 0 unspecified atom stereocenters. The summed E-state index contributed by atoms with van der Waals surface area (Å²) in [6, 6.07) is 16.2. The molecule has 1 amide bonds. The van der Waals surface area contributed by atoms with E-state index >= 15 is 0 Å². The van der Waals surface area contributed by atoms with Crippen LogP contribution in [0, 0.1) is 0 Å². The topological polar surface area (TPSA) is 89.9 Å². The van der Waals surface area contributed by atoms with Crippen LogP contribution in [-0.2, 0) is 11.8 Å². The summed E-state index contributed by atoms with van der Waals surface area (Å²) in [6.45, 7) is 0.790. The van der Waals surface area contributed by atoms with Crippen LogP contribution < -0.4 is 10.6 Å². The lowest BCUT2D eigenvalue weighted by molar-refractivity contribution is -0.117. The number of hydrogen-bond acceptors (Lipinski definition) is 5. The summed E-state index contributed by atoms with van der Waals surface area (Å²) >= 11 is 0. The Labute approximate surface area is 202 Å². The summed E-state index contributed by atoms with van der Waals surface area (Å²) in [5.41, 5.74) is 13.7. The lowest BCUT2D eigenvalue weighted by Crippen LogP contribution is -2.23. The molecule has 0 spiro atoms. The molecular weight excluding hydrogens is 436 g/mol. The van der Waals surface area contributed by atoms with Gasteiger partial charge in [-0.1, -0.05) is 12.1 Å². The number of hydrogen-bond donors (Lipinski definition) is 1. The molecule has 0 saturated carbocycles. The number of carbonyl (C=O) groups is 1. The molecule has 35 heavy (non-hydrogen) atoms. The molecule has 5 aromatic rings. The van der Waals surface area contributed by atoms with Gasteiger partial charge in [0.15, 0.2) is 0 Å². The Balaban J connectivity index is 1.36. The zero-order valence-corrected chi connectivity index (χ0v) is 19.3. The van der Waals surface area contributed by atoms with Crippen molar-refractivity contribution >= 4 is 28.4 Å². The van der Waals surface area contributed by atoms with Crippen molar-refractivity contribution in [1.82, 2.24) is 19.5 Å². The van der Waals surface area contributed by atoms with Gasteiger partial charge in [-0.05, 0) is 48.4 Å². The predicted octanol–water partition coefficient (Wildman–Crippen LogP) is 5.07. The molecule has 1 fully saturated rings. The van der Waals surface area contributed by atoms with Crippen molar-refractivity contribution in [2.45, 2.75) is 12.8 Å². The highest BCUT2D eigenvalue weighted by Crippen LogP contribution is 2.33. The third-order valence-electron chi connectivity index (χ3n) is 6.57. The fourth-order valence-corrected chi connectivity index (χ4v) is 4.72. The smallest absolute Gasteiger partial charge is 0.227 e. The van der Waals surface area contributed by atoms with Crippen LogP contribution in [-0.4, -0.2) is 32.0 Å². The van der Waals surface area contributed by atoms with Crippen molar-refractivity contribution < 1.29 is 4.79 Å². The molecule has 1 aromatic carbocycles. The van der Waals surface area contributed by atoms with E-state index in [4.69, 9.17) is 10.7 Å². The van der Waals surface area contributed by atoms with Gasteiger partial charge in [-0.25, -0.2) is 9.97 Å². The molecule has 7 heteroatoms. The Hall–Kier alpha value is -4.52. The van der Waals surface area contributed by atoms with Crippen LogP contribution in [0.15, 0.2) is 79.5 Å². The molecule has 0 aliphatic carbocycles.